The molecule has 0 aliphatic carbocycles. The lowest BCUT2D eigenvalue weighted by Gasteiger charge is -2.02. The van der Waals surface area contributed by atoms with Crippen molar-refractivity contribution >= 4 is 29.8 Å². The molecule has 0 spiro atoms. The summed E-state index contributed by atoms with van der Waals surface area (Å²) >= 11 is 0. The first-order valence-corrected chi connectivity index (χ1v) is 7.34. The van der Waals surface area contributed by atoms with Crippen molar-refractivity contribution in [1.82, 2.24) is 10.9 Å². The van der Waals surface area contributed by atoms with Crippen LogP contribution in [0, 0.1) is 20.2 Å². The molecule has 0 fully saturated rings. The van der Waals surface area contributed by atoms with Crippen LogP contribution in [0.2, 0.25) is 0 Å². The van der Waals surface area contributed by atoms with Gasteiger partial charge in [-0.1, -0.05) is 24.3 Å². The van der Waals surface area contributed by atoms with E-state index in [1.54, 1.807) is 12.1 Å². The van der Waals surface area contributed by atoms with Crippen molar-refractivity contribution in [2.45, 2.75) is 0 Å². The Labute approximate surface area is 152 Å². The average molecular weight is 370 g/mol. The third kappa shape index (κ3) is 5.90. The molecule has 27 heavy (non-hydrogen) atoms. The lowest BCUT2D eigenvalue weighted by Crippen LogP contribution is -2.31. The number of benzene rings is 2. The summed E-state index contributed by atoms with van der Waals surface area (Å²) < 4.78 is 0. The molecule has 0 amide bonds. The van der Waals surface area contributed by atoms with Crippen molar-refractivity contribution in [3.05, 3.63) is 79.9 Å². The lowest BCUT2D eigenvalue weighted by molar-refractivity contribution is -0.385. The predicted octanol–water partition coefficient (Wildman–Crippen LogP) is 1.28. The fraction of sp³-hybridized carbons (Fsp3) is 0. The van der Waals surface area contributed by atoms with Gasteiger partial charge in [-0.15, -0.1) is 5.10 Å². The maximum absolute atomic E-state index is 10.7. The van der Waals surface area contributed by atoms with Gasteiger partial charge in [0.15, 0.2) is 0 Å². The van der Waals surface area contributed by atoms with E-state index < -0.39 is 9.85 Å². The molecule has 0 unspecified atom stereocenters. The number of nitrogens with zero attached hydrogens (tertiary/aromatic N) is 5. The van der Waals surface area contributed by atoms with Gasteiger partial charge in [-0.25, -0.2) is 10.9 Å². The highest BCUT2D eigenvalue weighted by atomic mass is 16.6. The SMILES string of the molecule is NN=C(N/N=C\c1cccc([N+](=O)[O-])c1)N/N=C\c1cccc([N+](=O)[O-])c1. The molecule has 0 saturated carbocycles. The van der Waals surface area contributed by atoms with Crippen LogP contribution in [0.4, 0.5) is 11.4 Å². The van der Waals surface area contributed by atoms with Crippen LogP contribution in [0.1, 0.15) is 11.1 Å². The van der Waals surface area contributed by atoms with Crippen LogP contribution in [-0.4, -0.2) is 28.2 Å². The van der Waals surface area contributed by atoms with E-state index in [0.29, 0.717) is 11.1 Å². The fourth-order valence-electron chi connectivity index (χ4n) is 1.86. The van der Waals surface area contributed by atoms with Crippen molar-refractivity contribution < 1.29 is 9.85 Å². The van der Waals surface area contributed by atoms with Crippen molar-refractivity contribution in [2.75, 3.05) is 0 Å². The lowest BCUT2D eigenvalue weighted by atomic mass is 10.2. The first-order valence-electron chi connectivity index (χ1n) is 7.34. The fourth-order valence-corrected chi connectivity index (χ4v) is 1.86. The first kappa shape index (κ1) is 19.0. The minimum Gasteiger partial charge on any atom is -0.320 e. The number of nitro benzene ring substituents is 2. The number of hydrazone groups is 3. The maximum atomic E-state index is 10.7. The van der Waals surface area contributed by atoms with Crippen LogP contribution in [0.3, 0.4) is 0 Å². The van der Waals surface area contributed by atoms with E-state index in [-0.39, 0.29) is 17.3 Å². The van der Waals surface area contributed by atoms with E-state index in [9.17, 15) is 20.2 Å². The molecule has 0 heterocycles. The van der Waals surface area contributed by atoms with Crippen molar-refractivity contribution in [3.8, 4) is 0 Å². The molecular formula is C15H14N8O4. The molecule has 2 aromatic rings. The van der Waals surface area contributed by atoms with Crippen LogP contribution in [-0.2, 0) is 0 Å². The molecule has 2 rings (SSSR count). The van der Waals surface area contributed by atoms with Gasteiger partial charge in [-0.3, -0.25) is 20.2 Å². The van der Waals surface area contributed by atoms with Gasteiger partial charge in [-0.2, -0.15) is 10.2 Å². The summed E-state index contributed by atoms with van der Waals surface area (Å²) in [5, 5.41) is 32.5. The van der Waals surface area contributed by atoms with Gasteiger partial charge in [-0.05, 0) is 0 Å². The normalized spacial score (nSPS) is 10.7. The molecule has 12 heteroatoms. The van der Waals surface area contributed by atoms with E-state index in [0.717, 1.165) is 0 Å². The van der Waals surface area contributed by atoms with Gasteiger partial charge in [0.1, 0.15) is 0 Å². The Morgan fingerprint density at radius 2 is 1.33 bits per heavy atom. The van der Waals surface area contributed by atoms with Crippen LogP contribution >= 0.6 is 0 Å². The third-order valence-corrected chi connectivity index (χ3v) is 3.06. The van der Waals surface area contributed by atoms with E-state index in [4.69, 9.17) is 5.84 Å². The second kappa shape index (κ2) is 9.22. The number of nitrogens with two attached hydrogens (primary N) is 1. The number of rotatable bonds is 6. The topological polar surface area (TPSA) is 173 Å². The zero-order valence-electron chi connectivity index (χ0n) is 13.7. The Bertz CT molecular complexity index is 854. The van der Waals surface area contributed by atoms with Gasteiger partial charge in [0.25, 0.3) is 17.3 Å². The number of nitrogens with one attached hydrogen (secondary N) is 2. The Kier molecular flexibility index (Phi) is 6.48. The second-order valence-corrected chi connectivity index (χ2v) is 4.92. The molecule has 0 aromatic heterocycles. The van der Waals surface area contributed by atoms with Gasteiger partial charge >= 0.3 is 0 Å². The monoisotopic (exact) mass is 370 g/mol. The molecule has 0 atom stereocenters. The number of non-ortho nitro benzene ring substituents is 2. The zero-order chi connectivity index (χ0) is 19.6. The molecule has 138 valence electrons. The minimum atomic E-state index is -0.512. The van der Waals surface area contributed by atoms with Gasteiger partial charge in [0.2, 0.25) is 0 Å². The van der Waals surface area contributed by atoms with E-state index in [1.165, 1.54) is 48.8 Å². The summed E-state index contributed by atoms with van der Waals surface area (Å²) in [5.74, 6) is 5.18. The maximum Gasteiger partial charge on any atom is 0.270 e. The number of nitro groups is 2. The van der Waals surface area contributed by atoms with E-state index >= 15 is 0 Å². The molecule has 12 nitrogen and oxygen atoms in total. The number of hydrogen-bond donors (Lipinski definition) is 3. The molecule has 2 aromatic carbocycles. The first-order chi connectivity index (χ1) is 13.0. The predicted molar refractivity (Wildman–Crippen MR) is 99.3 cm³/mol. The molecule has 0 aliphatic heterocycles. The van der Waals surface area contributed by atoms with Crippen LogP contribution in [0.25, 0.3) is 0 Å². The van der Waals surface area contributed by atoms with Crippen molar-refractivity contribution in [1.29, 1.82) is 0 Å². The smallest absolute Gasteiger partial charge is 0.270 e. The summed E-state index contributed by atoms with van der Waals surface area (Å²) in [4.78, 5) is 20.4. The average Bonchev–Trinajstić information content (AvgIpc) is 2.67. The summed E-state index contributed by atoms with van der Waals surface area (Å²) in [6, 6.07) is 11.7. The molecular weight excluding hydrogens is 356 g/mol. The van der Waals surface area contributed by atoms with E-state index in [1.807, 2.05) is 0 Å². The Morgan fingerprint density at radius 1 is 0.889 bits per heavy atom. The highest BCUT2D eigenvalue weighted by molar-refractivity contribution is 5.86. The van der Waals surface area contributed by atoms with Crippen LogP contribution in [0.15, 0.2) is 63.8 Å². The minimum absolute atomic E-state index is 0.0154. The molecule has 0 saturated heterocycles. The molecule has 0 bridgehead atoms. The highest BCUT2D eigenvalue weighted by Gasteiger charge is 2.05. The Balaban J connectivity index is 1.94. The van der Waals surface area contributed by atoms with Gasteiger partial charge in [0.05, 0.1) is 22.3 Å². The van der Waals surface area contributed by atoms with E-state index in [2.05, 4.69) is 26.2 Å². The number of hydrogen-bond acceptors (Lipinski definition) is 8. The van der Waals surface area contributed by atoms with Crippen molar-refractivity contribution in [3.63, 3.8) is 0 Å². The van der Waals surface area contributed by atoms with Crippen LogP contribution in [0.5, 0.6) is 0 Å². The van der Waals surface area contributed by atoms with Crippen molar-refractivity contribution in [2.24, 2.45) is 21.1 Å². The largest absolute Gasteiger partial charge is 0.320 e. The zero-order valence-corrected chi connectivity index (χ0v) is 13.7. The highest BCUT2D eigenvalue weighted by Crippen LogP contribution is 2.12. The van der Waals surface area contributed by atoms with Gasteiger partial charge < -0.3 is 5.84 Å². The third-order valence-electron chi connectivity index (χ3n) is 3.06. The second-order valence-electron chi connectivity index (χ2n) is 4.92. The Morgan fingerprint density at radius 3 is 1.70 bits per heavy atom. The Hall–Kier alpha value is -4.35. The standard InChI is InChI=1S/C15H14N8O4/c16-19-15(20-17-9-11-3-1-5-13(7-11)22(24)25)21-18-10-12-4-2-6-14(8-12)23(26)27/h1-10H,16H2,(H2,19,20,21)/b17-9-,18-10-. The summed E-state index contributed by atoms with van der Waals surface area (Å²) in [6.07, 6.45) is 2.67. The summed E-state index contributed by atoms with van der Waals surface area (Å²) in [7, 11) is 0. The summed E-state index contributed by atoms with van der Waals surface area (Å²) in [6.45, 7) is 0. The molecule has 0 radical (unpaired) electrons. The van der Waals surface area contributed by atoms with Crippen LogP contribution < -0.4 is 16.7 Å². The quantitative estimate of drug-likeness (QED) is 0.226. The molecule has 4 N–H and O–H groups in total. The number of guanidine groups is 1. The van der Waals surface area contributed by atoms with Gasteiger partial charge in [0, 0.05) is 35.4 Å². The molecule has 0 aliphatic rings. The summed E-state index contributed by atoms with van der Waals surface area (Å²) in [5.41, 5.74) is 5.81.